The molecule has 18 heavy (non-hydrogen) atoms. The first-order chi connectivity index (χ1) is 8.77. The van der Waals surface area contributed by atoms with Gasteiger partial charge in [-0.05, 0) is 25.0 Å². The highest BCUT2D eigenvalue weighted by Crippen LogP contribution is 2.12. The van der Waals surface area contributed by atoms with Crippen LogP contribution in [0, 0.1) is 0 Å². The summed E-state index contributed by atoms with van der Waals surface area (Å²) in [6, 6.07) is 3.56. The number of carbonyl (C=O) groups excluding carboxylic acids is 1. The van der Waals surface area contributed by atoms with E-state index >= 15 is 0 Å². The number of pyridine rings is 1. The zero-order chi connectivity index (χ0) is 12.8. The number of anilines is 2. The lowest BCUT2D eigenvalue weighted by atomic mass is 10.2. The van der Waals surface area contributed by atoms with Crippen LogP contribution in [0.4, 0.5) is 11.5 Å². The third kappa shape index (κ3) is 3.33. The zero-order valence-corrected chi connectivity index (χ0v) is 10.2. The standard InChI is InChI=1S/C12H18N4O2/c13-9-3-1-5-14-11(9)15-6-7-16-12(17)10-4-2-8-18-10/h1,3,5,10H,2,4,6-8,13H2,(H,14,15)(H,16,17). The van der Waals surface area contributed by atoms with Gasteiger partial charge in [0, 0.05) is 25.9 Å². The Morgan fingerprint density at radius 1 is 1.56 bits per heavy atom. The predicted octanol–water partition coefficient (Wildman–Crippen LogP) is 0.371. The summed E-state index contributed by atoms with van der Waals surface area (Å²) >= 11 is 0. The van der Waals surface area contributed by atoms with Gasteiger partial charge < -0.3 is 21.1 Å². The molecule has 1 atom stereocenters. The van der Waals surface area contributed by atoms with Gasteiger partial charge in [0.05, 0.1) is 5.69 Å². The van der Waals surface area contributed by atoms with Gasteiger partial charge in [-0.15, -0.1) is 0 Å². The van der Waals surface area contributed by atoms with Gasteiger partial charge >= 0.3 is 0 Å². The summed E-state index contributed by atoms with van der Waals surface area (Å²) in [5.74, 6) is 0.604. The second kappa shape index (κ2) is 6.20. The van der Waals surface area contributed by atoms with Gasteiger partial charge in [0.1, 0.15) is 11.9 Å². The van der Waals surface area contributed by atoms with Gasteiger partial charge in [-0.1, -0.05) is 0 Å². The topological polar surface area (TPSA) is 89.3 Å². The number of hydrogen-bond acceptors (Lipinski definition) is 5. The van der Waals surface area contributed by atoms with Crippen LogP contribution >= 0.6 is 0 Å². The maximum Gasteiger partial charge on any atom is 0.249 e. The molecule has 0 spiro atoms. The summed E-state index contributed by atoms with van der Waals surface area (Å²) in [7, 11) is 0. The minimum Gasteiger partial charge on any atom is -0.396 e. The number of nitrogens with two attached hydrogens (primary N) is 1. The van der Waals surface area contributed by atoms with Crippen LogP contribution in [-0.4, -0.2) is 36.7 Å². The van der Waals surface area contributed by atoms with Gasteiger partial charge in [-0.2, -0.15) is 0 Å². The number of aromatic nitrogens is 1. The molecule has 2 heterocycles. The number of nitrogens with zero attached hydrogens (tertiary/aromatic N) is 1. The first-order valence-corrected chi connectivity index (χ1v) is 6.11. The number of rotatable bonds is 5. The van der Waals surface area contributed by atoms with Gasteiger partial charge in [0.15, 0.2) is 0 Å². The highest BCUT2D eigenvalue weighted by molar-refractivity contribution is 5.81. The van der Waals surface area contributed by atoms with Gasteiger partial charge in [0.2, 0.25) is 5.91 Å². The van der Waals surface area contributed by atoms with Crippen molar-refractivity contribution >= 4 is 17.4 Å². The molecular formula is C12H18N4O2. The summed E-state index contributed by atoms with van der Waals surface area (Å²) < 4.78 is 5.28. The van der Waals surface area contributed by atoms with Gasteiger partial charge in [0.25, 0.3) is 0 Å². The molecule has 4 N–H and O–H groups in total. The van der Waals surface area contributed by atoms with Crippen molar-refractivity contribution < 1.29 is 9.53 Å². The highest BCUT2D eigenvalue weighted by Gasteiger charge is 2.22. The molecule has 1 aromatic heterocycles. The first kappa shape index (κ1) is 12.6. The molecule has 1 saturated heterocycles. The van der Waals surface area contributed by atoms with Crippen molar-refractivity contribution in [2.24, 2.45) is 0 Å². The lowest BCUT2D eigenvalue weighted by molar-refractivity contribution is -0.129. The lowest BCUT2D eigenvalue weighted by Gasteiger charge is -2.11. The van der Waals surface area contributed by atoms with E-state index in [1.807, 2.05) is 0 Å². The summed E-state index contributed by atoms with van der Waals surface area (Å²) in [5, 5.41) is 5.89. The number of ether oxygens (including phenoxy) is 1. The van der Waals surface area contributed by atoms with Crippen LogP contribution < -0.4 is 16.4 Å². The molecule has 0 radical (unpaired) electrons. The van der Waals surface area contributed by atoms with E-state index in [1.54, 1.807) is 18.3 Å². The number of carbonyl (C=O) groups is 1. The molecule has 2 rings (SSSR count). The van der Waals surface area contributed by atoms with Crippen LogP contribution in [0.1, 0.15) is 12.8 Å². The van der Waals surface area contributed by atoms with Crippen molar-refractivity contribution in [2.45, 2.75) is 18.9 Å². The fourth-order valence-electron chi connectivity index (χ4n) is 1.83. The molecule has 1 aliphatic heterocycles. The molecule has 1 aromatic rings. The molecule has 1 fully saturated rings. The molecule has 6 heteroatoms. The van der Waals surface area contributed by atoms with Crippen molar-refractivity contribution in [3.8, 4) is 0 Å². The van der Waals surface area contributed by atoms with E-state index < -0.39 is 0 Å². The van der Waals surface area contributed by atoms with Crippen LogP contribution in [0.25, 0.3) is 0 Å². The second-order valence-corrected chi connectivity index (χ2v) is 4.16. The van der Waals surface area contributed by atoms with E-state index in [0.29, 0.717) is 31.2 Å². The molecule has 1 unspecified atom stereocenters. The number of amides is 1. The van der Waals surface area contributed by atoms with E-state index in [-0.39, 0.29) is 12.0 Å². The molecule has 0 aromatic carbocycles. The van der Waals surface area contributed by atoms with E-state index in [2.05, 4.69) is 15.6 Å². The number of nitrogens with one attached hydrogen (secondary N) is 2. The number of hydrogen-bond donors (Lipinski definition) is 3. The fraction of sp³-hybridized carbons (Fsp3) is 0.500. The Morgan fingerprint density at radius 2 is 2.44 bits per heavy atom. The SMILES string of the molecule is Nc1cccnc1NCCNC(=O)C1CCCO1. The van der Waals surface area contributed by atoms with E-state index in [0.717, 1.165) is 12.8 Å². The quantitative estimate of drug-likeness (QED) is 0.657. The van der Waals surface area contributed by atoms with Crippen molar-refractivity contribution in [3.05, 3.63) is 18.3 Å². The van der Waals surface area contributed by atoms with Crippen LogP contribution in [0.5, 0.6) is 0 Å². The van der Waals surface area contributed by atoms with Crippen LogP contribution in [-0.2, 0) is 9.53 Å². The van der Waals surface area contributed by atoms with Crippen molar-refractivity contribution in [3.63, 3.8) is 0 Å². The summed E-state index contributed by atoms with van der Waals surface area (Å²) in [6.07, 6.45) is 3.17. The smallest absolute Gasteiger partial charge is 0.249 e. The average Bonchev–Trinajstić information content (AvgIpc) is 2.90. The molecular weight excluding hydrogens is 232 g/mol. The second-order valence-electron chi connectivity index (χ2n) is 4.16. The fourth-order valence-corrected chi connectivity index (χ4v) is 1.83. The zero-order valence-electron chi connectivity index (χ0n) is 10.2. The molecule has 0 aliphatic carbocycles. The monoisotopic (exact) mass is 250 g/mol. The van der Waals surface area contributed by atoms with Crippen molar-refractivity contribution in [2.75, 3.05) is 30.7 Å². The Kier molecular flexibility index (Phi) is 4.35. The molecule has 98 valence electrons. The number of nitrogen functional groups attached to an aromatic ring is 1. The Hall–Kier alpha value is -1.82. The average molecular weight is 250 g/mol. The molecule has 1 amide bonds. The van der Waals surface area contributed by atoms with E-state index in [9.17, 15) is 4.79 Å². The highest BCUT2D eigenvalue weighted by atomic mass is 16.5. The molecule has 0 bridgehead atoms. The Labute approximate surface area is 106 Å². The summed E-state index contributed by atoms with van der Waals surface area (Å²) in [5.41, 5.74) is 6.33. The maximum absolute atomic E-state index is 11.6. The molecule has 6 nitrogen and oxygen atoms in total. The van der Waals surface area contributed by atoms with Crippen molar-refractivity contribution in [1.82, 2.24) is 10.3 Å². The molecule has 1 aliphatic rings. The maximum atomic E-state index is 11.6. The minimum atomic E-state index is -0.273. The normalized spacial score (nSPS) is 18.6. The van der Waals surface area contributed by atoms with E-state index in [1.165, 1.54) is 0 Å². The summed E-state index contributed by atoms with van der Waals surface area (Å²) in [4.78, 5) is 15.7. The largest absolute Gasteiger partial charge is 0.396 e. The molecule has 0 saturated carbocycles. The Bertz CT molecular complexity index is 405. The minimum absolute atomic E-state index is 0.0386. The van der Waals surface area contributed by atoms with Gasteiger partial charge in [-0.25, -0.2) is 4.98 Å². The van der Waals surface area contributed by atoms with E-state index in [4.69, 9.17) is 10.5 Å². The summed E-state index contributed by atoms with van der Waals surface area (Å²) in [6.45, 7) is 1.79. The van der Waals surface area contributed by atoms with Crippen LogP contribution in [0.15, 0.2) is 18.3 Å². The lowest BCUT2D eigenvalue weighted by Crippen LogP contribution is -2.36. The predicted molar refractivity (Wildman–Crippen MR) is 69.1 cm³/mol. The van der Waals surface area contributed by atoms with Gasteiger partial charge in [-0.3, -0.25) is 4.79 Å². The Balaban J connectivity index is 1.67. The first-order valence-electron chi connectivity index (χ1n) is 6.11. The third-order valence-corrected chi connectivity index (χ3v) is 2.78. The van der Waals surface area contributed by atoms with Crippen molar-refractivity contribution in [1.29, 1.82) is 0 Å². The van der Waals surface area contributed by atoms with Crippen LogP contribution in [0.3, 0.4) is 0 Å². The third-order valence-electron chi connectivity index (χ3n) is 2.78. The van der Waals surface area contributed by atoms with Crippen LogP contribution in [0.2, 0.25) is 0 Å². The Morgan fingerprint density at radius 3 is 3.17 bits per heavy atom.